The number of phosphoric ester groups is 1. The van der Waals surface area contributed by atoms with Gasteiger partial charge in [0, 0.05) is 13.0 Å². The zero-order valence-electron chi connectivity index (χ0n) is 35.4. The van der Waals surface area contributed by atoms with E-state index in [0.29, 0.717) is 13.0 Å². The molecule has 0 aliphatic rings. The van der Waals surface area contributed by atoms with Crippen LogP contribution >= 0.6 is 7.82 Å². The number of carbonyl (C=O) groups is 1. The van der Waals surface area contributed by atoms with E-state index < -0.39 is 39.2 Å². The lowest BCUT2D eigenvalue weighted by Crippen LogP contribution is -2.29. The van der Waals surface area contributed by atoms with Crippen molar-refractivity contribution in [3.63, 3.8) is 0 Å². The van der Waals surface area contributed by atoms with Crippen LogP contribution in [0.4, 0.5) is 0 Å². The van der Waals surface area contributed by atoms with Gasteiger partial charge in [-0.15, -0.1) is 0 Å². The molecule has 0 rings (SSSR count). The first-order chi connectivity index (χ1) is 26.8. The lowest BCUT2D eigenvalue weighted by molar-refractivity contribution is -0.154. The van der Waals surface area contributed by atoms with Gasteiger partial charge in [0.1, 0.15) is 12.2 Å². The fourth-order valence-electron chi connectivity index (χ4n) is 6.07. The Hall–Kier alpha value is -1.32. The molecule has 0 aromatic heterocycles. The van der Waals surface area contributed by atoms with Gasteiger partial charge < -0.3 is 24.6 Å². The van der Waals surface area contributed by atoms with Crippen LogP contribution in [-0.2, 0) is 27.9 Å². The van der Waals surface area contributed by atoms with Crippen LogP contribution in [0.25, 0.3) is 0 Å². The minimum Gasteiger partial charge on any atom is -0.457 e. The van der Waals surface area contributed by atoms with Crippen LogP contribution < -0.4 is 0 Å². The van der Waals surface area contributed by atoms with E-state index in [-0.39, 0.29) is 19.6 Å². The Morgan fingerprint density at radius 3 is 1.53 bits per heavy atom. The van der Waals surface area contributed by atoms with Crippen LogP contribution in [0.5, 0.6) is 0 Å². The highest BCUT2D eigenvalue weighted by molar-refractivity contribution is 7.47. The van der Waals surface area contributed by atoms with Crippen molar-refractivity contribution in [3.8, 4) is 0 Å². The summed E-state index contributed by atoms with van der Waals surface area (Å²) in [7, 11) is -4.52. The first kappa shape index (κ1) is 53.7. The second kappa shape index (κ2) is 42.3. The Kier molecular flexibility index (Phi) is 41.3. The molecule has 0 amide bonds. The Bertz CT molecular complexity index is 955. The van der Waals surface area contributed by atoms with Crippen LogP contribution in [0, 0.1) is 0 Å². The number of hydrogen-bond donors (Lipinski definition) is 3. The van der Waals surface area contributed by atoms with Crippen molar-refractivity contribution in [1.29, 1.82) is 0 Å². The van der Waals surface area contributed by atoms with Crippen LogP contribution in [0.3, 0.4) is 0 Å². The Balaban J connectivity index is 4.13. The molecular weight excluding hydrogens is 715 g/mol. The summed E-state index contributed by atoms with van der Waals surface area (Å²) in [6.07, 6.45) is 45.3. The maximum Gasteiger partial charge on any atom is 0.472 e. The van der Waals surface area contributed by atoms with Crippen LogP contribution in [0.2, 0.25) is 0 Å². The van der Waals surface area contributed by atoms with Gasteiger partial charge in [0.25, 0.3) is 0 Å². The maximum absolute atomic E-state index is 12.6. The van der Waals surface area contributed by atoms with Crippen LogP contribution in [0.1, 0.15) is 200 Å². The normalized spacial score (nSPS) is 14.3. The second-order valence-corrected chi connectivity index (χ2v) is 16.5. The summed E-state index contributed by atoms with van der Waals surface area (Å²) in [6, 6.07) is 0. The van der Waals surface area contributed by atoms with Crippen molar-refractivity contribution in [2.45, 2.75) is 212 Å². The van der Waals surface area contributed by atoms with E-state index in [1.807, 2.05) is 0 Å². The highest BCUT2D eigenvalue weighted by Crippen LogP contribution is 2.43. The average Bonchev–Trinajstić information content (AvgIpc) is 3.18. The van der Waals surface area contributed by atoms with Gasteiger partial charge in [-0.2, -0.15) is 0 Å². The van der Waals surface area contributed by atoms with E-state index >= 15 is 0 Å². The van der Waals surface area contributed by atoms with Gasteiger partial charge >= 0.3 is 13.8 Å². The number of esters is 1. The molecule has 0 radical (unpaired) electrons. The predicted molar refractivity (Wildman–Crippen MR) is 228 cm³/mol. The van der Waals surface area contributed by atoms with Crippen molar-refractivity contribution in [1.82, 2.24) is 0 Å². The fraction of sp³-hybridized carbons (Fsp3) is 0.844. The van der Waals surface area contributed by atoms with Crippen molar-refractivity contribution in [2.24, 2.45) is 0 Å². The van der Waals surface area contributed by atoms with Gasteiger partial charge in [-0.3, -0.25) is 13.8 Å². The molecule has 0 aromatic rings. The lowest BCUT2D eigenvalue weighted by atomic mass is 10.1. The zero-order chi connectivity index (χ0) is 40.3. The number of allylic oxidation sites excluding steroid dienone is 6. The molecule has 0 saturated heterocycles. The summed E-state index contributed by atoms with van der Waals surface area (Å²) in [5.74, 6) is -0.396. The third-order valence-electron chi connectivity index (χ3n) is 9.55. The monoisotopic (exact) mass is 801 g/mol. The molecule has 0 bridgehead atoms. The largest absolute Gasteiger partial charge is 0.472 e. The number of unbranched alkanes of at least 4 members (excludes halogenated alkanes) is 23. The van der Waals surface area contributed by atoms with Crippen molar-refractivity contribution in [3.05, 3.63) is 36.5 Å². The van der Waals surface area contributed by atoms with Gasteiger partial charge in [0.15, 0.2) is 0 Å². The van der Waals surface area contributed by atoms with E-state index in [4.69, 9.17) is 23.6 Å². The summed E-state index contributed by atoms with van der Waals surface area (Å²) >= 11 is 0. The molecule has 3 unspecified atom stereocenters. The van der Waals surface area contributed by atoms with Crippen molar-refractivity contribution in [2.75, 3.05) is 33.0 Å². The Labute approximate surface area is 337 Å². The molecule has 10 heteroatoms. The summed E-state index contributed by atoms with van der Waals surface area (Å²) in [6.45, 7) is 3.47. The Morgan fingerprint density at radius 1 is 0.564 bits per heavy atom. The summed E-state index contributed by atoms with van der Waals surface area (Å²) in [5, 5.41) is 18.3. The van der Waals surface area contributed by atoms with E-state index in [1.54, 1.807) is 0 Å². The highest BCUT2D eigenvalue weighted by Gasteiger charge is 2.26. The smallest absolute Gasteiger partial charge is 0.457 e. The quantitative estimate of drug-likeness (QED) is 0.0239. The van der Waals surface area contributed by atoms with Crippen molar-refractivity contribution >= 4 is 13.8 Å². The molecule has 55 heavy (non-hydrogen) atoms. The first-order valence-corrected chi connectivity index (χ1v) is 24.0. The third kappa shape index (κ3) is 42.1. The van der Waals surface area contributed by atoms with E-state index in [2.05, 4.69) is 50.3 Å². The summed E-state index contributed by atoms with van der Waals surface area (Å²) in [4.78, 5) is 22.6. The van der Waals surface area contributed by atoms with Crippen LogP contribution in [-0.4, -0.2) is 66.3 Å². The standard InChI is InChI=1S/C45H85O9P/c1-3-5-7-9-11-13-15-17-19-20-21-22-23-24-26-28-30-32-34-36-38-51-41-44(42-53-55(49,50)52-40-43(47)39-46)54-45(48)37-35-33-31-29-27-25-18-16-14-12-10-8-6-4-2/h10,12,16-19,43-44,46-47H,3-9,11,13-15,20-42H2,1-2H3,(H,49,50)/b12-10-,18-16-,19-17-. The average molecular weight is 801 g/mol. The minimum atomic E-state index is -4.52. The third-order valence-corrected chi connectivity index (χ3v) is 10.5. The molecule has 3 N–H and O–H groups in total. The molecule has 0 aromatic carbocycles. The molecule has 9 nitrogen and oxygen atoms in total. The van der Waals surface area contributed by atoms with Gasteiger partial charge in [0.05, 0.1) is 26.4 Å². The minimum absolute atomic E-state index is 0.0436. The molecule has 3 atom stereocenters. The van der Waals surface area contributed by atoms with Crippen LogP contribution in [0.15, 0.2) is 36.5 Å². The van der Waals surface area contributed by atoms with E-state index in [9.17, 15) is 19.4 Å². The van der Waals surface area contributed by atoms with E-state index in [0.717, 1.165) is 64.2 Å². The molecular formula is C45H85O9P. The molecule has 0 aliphatic heterocycles. The molecule has 0 aliphatic carbocycles. The number of rotatable bonds is 43. The van der Waals surface area contributed by atoms with E-state index in [1.165, 1.54) is 109 Å². The highest BCUT2D eigenvalue weighted by atomic mass is 31.2. The number of ether oxygens (including phenoxy) is 2. The number of carbonyl (C=O) groups excluding carboxylic acids is 1. The molecule has 0 spiro atoms. The number of phosphoric acid groups is 1. The predicted octanol–water partition coefficient (Wildman–Crippen LogP) is 12.4. The first-order valence-electron chi connectivity index (χ1n) is 22.5. The van der Waals surface area contributed by atoms with Gasteiger partial charge in [-0.05, 0) is 64.2 Å². The van der Waals surface area contributed by atoms with Crippen molar-refractivity contribution < 1.29 is 43.0 Å². The molecule has 0 saturated carbocycles. The number of aliphatic hydroxyl groups excluding tert-OH is 2. The Morgan fingerprint density at radius 2 is 1.00 bits per heavy atom. The maximum atomic E-state index is 12.6. The number of aliphatic hydroxyl groups is 2. The lowest BCUT2D eigenvalue weighted by Gasteiger charge is -2.20. The summed E-state index contributed by atoms with van der Waals surface area (Å²) in [5.41, 5.74) is 0. The second-order valence-electron chi connectivity index (χ2n) is 15.1. The van der Waals surface area contributed by atoms with Gasteiger partial charge in [-0.25, -0.2) is 4.57 Å². The molecule has 0 heterocycles. The van der Waals surface area contributed by atoms with Gasteiger partial charge in [-0.1, -0.05) is 166 Å². The fourth-order valence-corrected chi connectivity index (χ4v) is 6.86. The molecule has 324 valence electrons. The SMILES string of the molecule is CCCC/C=C\C/C=C\CCCCCCCC(=O)OC(COCCCCCCCCCCCC/C=C\CCCCCCCC)COP(=O)(O)OCC(O)CO. The number of hydrogen-bond acceptors (Lipinski definition) is 8. The topological polar surface area (TPSA) is 132 Å². The summed E-state index contributed by atoms with van der Waals surface area (Å²) < 4.78 is 33.4. The molecule has 0 fully saturated rings. The van der Waals surface area contributed by atoms with Gasteiger partial charge in [0.2, 0.25) is 0 Å². The zero-order valence-corrected chi connectivity index (χ0v) is 36.3.